The van der Waals surface area contributed by atoms with Gasteiger partial charge < -0.3 is 15.2 Å². The van der Waals surface area contributed by atoms with E-state index in [2.05, 4.69) is 34.6 Å². The molecule has 2 unspecified atom stereocenters. The number of ether oxygens (including phenoxy) is 1. The molecule has 1 aromatic heterocycles. The van der Waals surface area contributed by atoms with E-state index >= 15 is 0 Å². The zero-order chi connectivity index (χ0) is 23.0. The number of rotatable bonds is 3. The minimum absolute atomic E-state index is 0.230. The fraction of sp³-hybridized carbons (Fsp3) is 0.280. The number of amides is 1. The molecule has 1 aliphatic heterocycles. The first-order valence-electron chi connectivity index (χ1n) is 11.0. The Labute approximate surface area is 189 Å². The van der Waals surface area contributed by atoms with Crippen LogP contribution in [0.25, 0.3) is 11.0 Å². The van der Waals surface area contributed by atoms with Crippen LogP contribution in [0.5, 0.6) is 5.75 Å². The Morgan fingerprint density at radius 2 is 2.09 bits per heavy atom. The van der Waals surface area contributed by atoms with Gasteiger partial charge in [-0.3, -0.25) is 14.7 Å². The van der Waals surface area contributed by atoms with Crippen LogP contribution in [0.4, 0.5) is 0 Å². The molecule has 0 bridgehead atoms. The fourth-order valence-electron chi connectivity index (χ4n) is 5.12. The van der Waals surface area contributed by atoms with Crippen molar-refractivity contribution in [1.29, 1.82) is 0 Å². The van der Waals surface area contributed by atoms with Crippen LogP contribution in [0.3, 0.4) is 0 Å². The van der Waals surface area contributed by atoms with Gasteiger partial charge in [-0.15, -0.1) is 5.10 Å². The van der Waals surface area contributed by atoms with Crippen molar-refractivity contribution >= 4 is 22.7 Å². The second kappa shape index (κ2) is 6.62. The largest absolute Gasteiger partial charge is 0.454 e. The van der Waals surface area contributed by atoms with Gasteiger partial charge in [-0.05, 0) is 48.6 Å². The van der Waals surface area contributed by atoms with E-state index in [4.69, 9.17) is 4.74 Å². The van der Waals surface area contributed by atoms with Crippen molar-refractivity contribution in [2.45, 2.75) is 43.9 Å². The normalized spacial score (nSPS) is 25.3. The SMILES string of the molecule is CC(C)c1ccc2c(c1)OC1(O)C3=C(CCC=C3)C(=O)C21NC(=O)c1ccc2[nH]nnc2c1. The molecule has 2 atom stereocenters. The summed E-state index contributed by atoms with van der Waals surface area (Å²) in [5, 5.41) is 25.3. The number of aromatic nitrogens is 3. The van der Waals surface area contributed by atoms with Gasteiger partial charge in [0.1, 0.15) is 11.3 Å². The number of aliphatic hydroxyl groups is 1. The third-order valence-electron chi connectivity index (χ3n) is 6.88. The van der Waals surface area contributed by atoms with Crippen molar-refractivity contribution in [2.75, 3.05) is 0 Å². The van der Waals surface area contributed by atoms with Crippen LogP contribution in [-0.2, 0) is 10.3 Å². The van der Waals surface area contributed by atoms with Gasteiger partial charge in [-0.2, -0.15) is 0 Å². The Bertz CT molecular complexity index is 1420. The number of hydrogen-bond donors (Lipinski definition) is 3. The van der Waals surface area contributed by atoms with Crippen molar-refractivity contribution < 1.29 is 19.4 Å². The van der Waals surface area contributed by atoms with E-state index in [1.807, 2.05) is 18.2 Å². The number of H-pyrrole nitrogens is 1. The number of aromatic amines is 1. The summed E-state index contributed by atoms with van der Waals surface area (Å²) in [6, 6.07) is 10.4. The fourth-order valence-corrected chi connectivity index (χ4v) is 5.12. The van der Waals surface area contributed by atoms with Crippen LogP contribution in [0.15, 0.2) is 59.7 Å². The molecule has 1 amide bonds. The predicted octanol–water partition coefficient (Wildman–Crippen LogP) is 3.02. The van der Waals surface area contributed by atoms with Crippen LogP contribution in [0.1, 0.15) is 54.1 Å². The summed E-state index contributed by atoms with van der Waals surface area (Å²) in [6.07, 6.45) is 4.82. The van der Waals surface area contributed by atoms with Gasteiger partial charge in [0, 0.05) is 22.3 Å². The van der Waals surface area contributed by atoms with E-state index in [-0.39, 0.29) is 11.7 Å². The number of benzene rings is 2. The lowest BCUT2D eigenvalue weighted by atomic mass is 9.81. The van der Waals surface area contributed by atoms with Gasteiger partial charge in [0.05, 0.1) is 5.52 Å². The predicted molar refractivity (Wildman–Crippen MR) is 120 cm³/mol. The highest BCUT2D eigenvalue weighted by Gasteiger charge is 2.72. The Morgan fingerprint density at radius 1 is 1.24 bits per heavy atom. The summed E-state index contributed by atoms with van der Waals surface area (Å²) in [6.45, 7) is 4.11. The van der Waals surface area contributed by atoms with Crippen LogP contribution in [0.2, 0.25) is 0 Å². The lowest BCUT2D eigenvalue weighted by molar-refractivity contribution is -0.154. The zero-order valence-corrected chi connectivity index (χ0v) is 18.2. The minimum atomic E-state index is -2.03. The second-order valence-corrected chi connectivity index (χ2v) is 9.07. The Morgan fingerprint density at radius 3 is 2.91 bits per heavy atom. The molecule has 2 heterocycles. The van der Waals surface area contributed by atoms with E-state index in [0.29, 0.717) is 51.9 Å². The van der Waals surface area contributed by atoms with Crippen LogP contribution in [0, 0.1) is 0 Å². The average Bonchev–Trinajstić information content (AvgIpc) is 3.43. The third kappa shape index (κ3) is 2.49. The van der Waals surface area contributed by atoms with E-state index in [1.165, 1.54) is 0 Å². The Hall–Kier alpha value is -3.78. The number of allylic oxidation sites excluding steroid dienone is 1. The Balaban J connectivity index is 1.51. The molecule has 166 valence electrons. The second-order valence-electron chi connectivity index (χ2n) is 9.07. The van der Waals surface area contributed by atoms with Gasteiger partial charge in [0.25, 0.3) is 11.7 Å². The van der Waals surface area contributed by atoms with Crippen LogP contribution < -0.4 is 10.1 Å². The molecule has 0 saturated carbocycles. The quantitative estimate of drug-likeness (QED) is 0.574. The zero-order valence-electron chi connectivity index (χ0n) is 18.2. The molecule has 3 aromatic rings. The van der Waals surface area contributed by atoms with Crippen LogP contribution >= 0.6 is 0 Å². The molecule has 3 aliphatic rings. The highest BCUT2D eigenvalue weighted by Crippen LogP contribution is 2.58. The van der Waals surface area contributed by atoms with Gasteiger partial charge in [-0.1, -0.05) is 43.3 Å². The summed E-state index contributed by atoms with van der Waals surface area (Å²) in [4.78, 5) is 27.4. The minimum Gasteiger partial charge on any atom is -0.454 e. The molecule has 8 heteroatoms. The van der Waals surface area contributed by atoms with E-state index in [1.54, 1.807) is 30.3 Å². The first-order valence-corrected chi connectivity index (χ1v) is 11.0. The number of fused-ring (bicyclic) bond motifs is 5. The average molecular weight is 442 g/mol. The maximum Gasteiger partial charge on any atom is 0.270 e. The maximum atomic E-state index is 13.9. The van der Waals surface area contributed by atoms with Gasteiger partial charge in [0.15, 0.2) is 5.78 Å². The van der Waals surface area contributed by atoms with Crippen LogP contribution in [-0.4, -0.2) is 38.0 Å². The number of nitrogens with zero attached hydrogens (tertiary/aromatic N) is 2. The molecule has 0 saturated heterocycles. The molecular formula is C25H22N4O4. The summed E-state index contributed by atoms with van der Waals surface area (Å²) >= 11 is 0. The summed E-state index contributed by atoms with van der Waals surface area (Å²) in [5.41, 5.74) is 2.11. The van der Waals surface area contributed by atoms with E-state index in [9.17, 15) is 14.7 Å². The molecule has 0 spiro atoms. The monoisotopic (exact) mass is 442 g/mol. The topological polar surface area (TPSA) is 117 Å². The molecule has 2 aromatic carbocycles. The van der Waals surface area contributed by atoms with Gasteiger partial charge in [0.2, 0.25) is 5.54 Å². The highest BCUT2D eigenvalue weighted by atomic mass is 16.6. The van der Waals surface area contributed by atoms with Crippen molar-refractivity contribution in [1.82, 2.24) is 20.7 Å². The molecule has 2 aliphatic carbocycles. The highest BCUT2D eigenvalue weighted by molar-refractivity contribution is 6.13. The van der Waals surface area contributed by atoms with Crippen molar-refractivity contribution in [3.8, 4) is 5.75 Å². The molecular weight excluding hydrogens is 420 g/mol. The molecule has 6 rings (SSSR count). The standard InChI is InChI=1S/C25H22N4O4/c1-13(2)14-7-9-18-21(12-14)33-25(32)17-6-4-3-5-16(17)22(30)24(18,25)26-23(31)15-8-10-19-20(11-15)28-29-27-19/h4,6-13,32H,3,5H2,1-2H3,(H,26,31)(H,27,28,29). The summed E-state index contributed by atoms with van der Waals surface area (Å²) in [7, 11) is 0. The lowest BCUT2D eigenvalue weighted by Gasteiger charge is -2.35. The molecule has 3 N–H and O–H groups in total. The molecule has 0 radical (unpaired) electrons. The number of Topliss-reactive ketones (excluding diaryl/α,β-unsaturated/α-hetero) is 1. The summed E-state index contributed by atoms with van der Waals surface area (Å²) in [5.74, 6) is -2.25. The van der Waals surface area contributed by atoms with Gasteiger partial charge >= 0.3 is 0 Å². The molecule has 33 heavy (non-hydrogen) atoms. The lowest BCUT2D eigenvalue weighted by Crippen LogP contribution is -2.63. The smallest absolute Gasteiger partial charge is 0.270 e. The summed E-state index contributed by atoms with van der Waals surface area (Å²) < 4.78 is 6.13. The molecule has 8 nitrogen and oxygen atoms in total. The third-order valence-corrected chi connectivity index (χ3v) is 6.88. The van der Waals surface area contributed by atoms with Crippen molar-refractivity contribution in [3.63, 3.8) is 0 Å². The number of nitrogens with one attached hydrogen (secondary N) is 2. The van der Waals surface area contributed by atoms with Gasteiger partial charge in [-0.25, -0.2) is 0 Å². The maximum absolute atomic E-state index is 13.9. The number of carbonyl (C=O) groups excluding carboxylic acids is 2. The van der Waals surface area contributed by atoms with E-state index < -0.39 is 17.2 Å². The molecule has 0 fully saturated rings. The van der Waals surface area contributed by atoms with Crippen molar-refractivity contribution in [3.05, 3.63) is 76.4 Å². The number of hydrogen-bond acceptors (Lipinski definition) is 6. The number of ketones is 1. The Kier molecular flexibility index (Phi) is 3.98. The van der Waals surface area contributed by atoms with Crippen molar-refractivity contribution in [2.24, 2.45) is 0 Å². The number of carbonyl (C=O) groups is 2. The first kappa shape index (κ1) is 19.9. The first-order chi connectivity index (χ1) is 15.8. The van der Waals surface area contributed by atoms with E-state index in [0.717, 1.165) is 5.56 Å².